The summed E-state index contributed by atoms with van der Waals surface area (Å²) in [6.45, 7) is 1.13. The van der Waals surface area contributed by atoms with E-state index in [2.05, 4.69) is 4.98 Å². The summed E-state index contributed by atoms with van der Waals surface area (Å²) in [6.07, 6.45) is 0. The van der Waals surface area contributed by atoms with Gasteiger partial charge in [0.15, 0.2) is 5.13 Å². The lowest BCUT2D eigenvalue weighted by atomic mass is 10.1. The molecule has 1 heterocycles. The van der Waals surface area contributed by atoms with E-state index in [4.69, 9.17) is 9.84 Å². The fourth-order valence-corrected chi connectivity index (χ4v) is 3.34. The van der Waals surface area contributed by atoms with Crippen LogP contribution in [0.4, 0.5) is 15.2 Å². The van der Waals surface area contributed by atoms with Crippen molar-refractivity contribution in [1.82, 2.24) is 4.98 Å². The lowest BCUT2D eigenvalue weighted by Gasteiger charge is -2.18. The van der Waals surface area contributed by atoms with Crippen molar-refractivity contribution in [2.75, 3.05) is 4.90 Å². The van der Waals surface area contributed by atoms with Gasteiger partial charge in [0.1, 0.15) is 12.4 Å². The third-order valence-corrected chi connectivity index (χ3v) is 4.74. The molecule has 28 heavy (non-hydrogen) atoms. The molecule has 0 atom stereocenters. The quantitative estimate of drug-likeness (QED) is 0.637. The van der Waals surface area contributed by atoms with Crippen molar-refractivity contribution in [3.8, 4) is 0 Å². The zero-order valence-electron chi connectivity index (χ0n) is 15.0. The predicted molar refractivity (Wildman–Crippen MR) is 103 cm³/mol. The van der Waals surface area contributed by atoms with E-state index in [0.29, 0.717) is 16.8 Å². The number of carbonyl (C=O) groups is 2. The number of rotatable bonds is 6. The molecule has 0 fully saturated rings. The molecule has 8 heteroatoms. The molecule has 0 radical (unpaired) electrons. The first-order valence-corrected chi connectivity index (χ1v) is 9.24. The Kier molecular flexibility index (Phi) is 6.13. The zero-order valence-corrected chi connectivity index (χ0v) is 15.8. The van der Waals surface area contributed by atoms with Gasteiger partial charge in [0.05, 0.1) is 23.6 Å². The fraction of sp³-hybridized carbons (Fsp3) is 0.150. The Morgan fingerprint density at radius 2 is 1.89 bits per heavy atom. The predicted octanol–water partition coefficient (Wildman–Crippen LogP) is 3.82. The van der Waals surface area contributed by atoms with Crippen LogP contribution in [0.15, 0.2) is 53.9 Å². The van der Waals surface area contributed by atoms with Gasteiger partial charge in [0.2, 0.25) is 5.91 Å². The van der Waals surface area contributed by atoms with E-state index in [9.17, 15) is 14.0 Å². The van der Waals surface area contributed by atoms with Crippen LogP contribution >= 0.6 is 11.3 Å². The summed E-state index contributed by atoms with van der Waals surface area (Å²) in [5, 5.41) is 11.0. The number of hydrogen-bond acceptors (Lipinski definition) is 6. The number of esters is 1. The average molecular weight is 400 g/mol. The Balaban J connectivity index is 1.71. The number of hydrogen-bond donors (Lipinski definition) is 1. The number of aliphatic hydroxyl groups excluding tert-OH is 1. The number of aliphatic hydroxyl groups is 1. The average Bonchev–Trinajstić information content (AvgIpc) is 3.16. The van der Waals surface area contributed by atoms with Gasteiger partial charge in [-0.3, -0.25) is 9.69 Å². The maximum absolute atomic E-state index is 14.1. The Morgan fingerprint density at radius 1 is 1.18 bits per heavy atom. The van der Waals surface area contributed by atoms with Gasteiger partial charge in [0, 0.05) is 12.3 Å². The molecule has 1 N–H and O–H groups in total. The molecule has 3 rings (SSSR count). The molecule has 2 aromatic carbocycles. The summed E-state index contributed by atoms with van der Waals surface area (Å²) < 4.78 is 19.3. The number of anilines is 2. The number of amides is 1. The highest BCUT2D eigenvalue weighted by Gasteiger charge is 2.21. The van der Waals surface area contributed by atoms with Crippen molar-refractivity contribution in [1.29, 1.82) is 0 Å². The smallest absolute Gasteiger partial charge is 0.338 e. The molecule has 0 unspecified atom stereocenters. The van der Waals surface area contributed by atoms with Crippen molar-refractivity contribution >= 4 is 34.0 Å². The third-order valence-electron chi connectivity index (χ3n) is 3.86. The minimum atomic E-state index is -0.535. The number of aromatic nitrogens is 1. The molecule has 1 amide bonds. The second-order valence-corrected chi connectivity index (χ2v) is 6.69. The van der Waals surface area contributed by atoms with E-state index in [-0.39, 0.29) is 29.9 Å². The lowest BCUT2D eigenvalue weighted by Crippen LogP contribution is -2.23. The van der Waals surface area contributed by atoms with Crippen molar-refractivity contribution in [2.24, 2.45) is 0 Å². The monoisotopic (exact) mass is 400 g/mol. The van der Waals surface area contributed by atoms with Crippen molar-refractivity contribution in [3.05, 3.63) is 76.5 Å². The van der Waals surface area contributed by atoms with Crippen LogP contribution in [0, 0.1) is 5.82 Å². The molecule has 0 spiro atoms. The molecule has 3 aromatic rings. The number of carbonyl (C=O) groups excluding carboxylic acids is 2. The highest BCUT2D eigenvalue weighted by atomic mass is 32.1. The number of ether oxygens (including phenoxy) is 1. The SMILES string of the molecule is CC(=O)N(c1nc(COC(=O)c2ccc(CO)cc2)cs1)c1ccccc1F. The second kappa shape index (κ2) is 8.73. The minimum Gasteiger partial charge on any atom is -0.456 e. The Bertz CT molecular complexity index is 988. The Hall–Kier alpha value is -3.10. The van der Waals surface area contributed by atoms with Gasteiger partial charge >= 0.3 is 5.97 Å². The van der Waals surface area contributed by atoms with E-state index >= 15 is 0 Å². The van der Waals surface area contributed by atoms with Crippen LogP contribution in [0.25, 0.3) is 0 Å². The summed E-state index contributed by atoms with van der Waals surface area (Å²) in [4.78, 5) is 29.6. The molecular weight excluding hydrogens is 383 g/mol. The molecule has 0 saturated heterocycles. The maximum atomic E-state index is 14.1. The highest BCUT2D eigenvalue weighted by molar-refractivity contribution is 7.14. The Morgan fingerprint density at radius 3 is 2.54 bits per heavy atom. The summed E-state index contributed by atoms with van der Waals surface area (Å²) in [5.41, 5.74) is 1.60. The molecule has 0 bridgehead atoms. The molecule has 0 aliphatic rings. The molecule has 0 aliphatic heterocycles. The summed E-state index contributed by atoms with van der Waals surface area (Å²) in [6, 6.07) is 12.3. The van der Waals surface area contributed by atoms with Crippen LogP contribution in [0.1, 0.15) is 28.5 Å². The van der Waals surface area contributed by atoms with Gasteiger partial charge in [0.25, 0.3) is 0 Å². The van der Waals surface area contributed by atoms with Gasteiger partial charge in [-0.25, -0.2) is 14.2 Å². The first-order valence-electron chi connectivity index (χ1n) is 8.36. The zero-order chi connectivity index (χ0) is 20.1. The minimum absolute atomic E-state index is 0.0832. The molecule has 144 valence electrons. The Labute approximate surface area is 164 Å². The largest absolute Gasteiger partial charge is 0.456 e. The standard InChI is InChI=1S/C20H17FN2O4S/c1-13(25)23(18-5-3-2-4-17(18)21)20-22-16(12-28-20)11-27-19(26)15-8-6-14(10-24)7-9-15/h2-9,12,24H,10-11H2,1H3. The van der Waals surface area contributed by atoms with Gasteiger partial charge in [-0.2, -0.15) is 0 Å². The van der Waals surface area contributed by atoms with Gasteiger partial charge < -0.3 is 9.84 Å². The molecular formula is C20H17FN2O4S. The van der Waals surface area contributed by atoms with Gasteiger partial charge in [-0.1, -0.05) is 24.3 Å². The van der Waals surface area contributed by atoms with E-state index in [1.54, 1.807) is 35.7 Å². The van der Waals surface area contributed by atoms with Crippen molar-refractivity contribution in [2.45, 2.75) is 20.1 Å². The van der Waals surface area contributed by atoms with Crippen LogP contribution in [0.3, 0.4) is 0 Å². The summed E-state index contributed by atoms with van der Waals surface area (Å²) >= 11 is 1.15. The van der Waals surface area contributed by atoms with Crippen LogP contribution < -0.4 is 4.90 Å². The van der Waals surface area contributed by atoms with Crippen LogP contribution in [0.5, 0.6) is 0 Å². The topological polar surface area (TPSA) is 79.7 Å². The number of nitrogens with zero attached hydrogens (tertiary/aromatic N) is 2. The number of halogens is 1. The van der Waals surface area contributed by atoms with E-state index < -0.39 is 11.8 Å². The van der Waals surface area contributed by atoms with E-state index in [1.165, 1.54) is 30.0 Å². The van der Waals surface area contributed by atoms with Gasteiger partial charge in [-0.05, 0) is 29.8 Å². The van der Waals surface area contributed by atoms with Crippen molar-refractivity contribution in [3.63, 3.8) is 0 Å². The number of thiazole rings is 1. The molecule has 6 nitrogen and oxygen atoms in total. The van der Waals surface area contributed by atoms with Crippen molar-refractivity contribution < 1.29 is 23.8 Å². The third kappa shape index (κ3) is 4.41. The normalized spacial score (nSPS) is 10.5. The van der Waals surface area contributed by atoms with E-state index in [1.807, 2.05) is 0 Å². The second-order valence-electron chi connectivity index (χ2n) is 5.86. The highest BCUT2D eigenvalue weighted by Crippen LogP contribution is 2.30. The van der Waals surface area contributed by atoms with Crippen LogP contribution in [-0.4, -0.2) is 22.0 Å². The molecule has 1 aromatic heterocycles. The summed E-state index contributed by atoms with van der Waals surface area (Å²) in [5.74, 6) is -1.45. The van der Waals surface area contributed by atoms with Crippen LogP contribution in [-0.2, 0) is 22.7 Å². The van der Waals surface area contributed by atoms with E-state index in [0.717, 1.165) is 11.3 Å². The first kappa shape index (κ1) is 19.7. The fourth-order valence-electron chi connectivity index (χ4n) is 2.47. The maximum Gasteiger partial charge on any atom is 0.338 e. The number of benzene rings is 2. The first-order chi connectivity index (χ1) is 13.5. The van der Waals surface area contributed by atoms with Crippen LogP contribution in [0.2, 0.25) is 0 Å². The molecule has 0 aliphatic carbocycles. The number of para-hydroxylation sites is 1. The lowest BCUT2D eigenvalue weighted by molar-refractivity contribution is -0.115. The summed E-state index contributed by atoms with van der Waals surface area (Å²) in [7, 11) is 0. The molecule has 0 saturated carbocycles. The van der Waals surface area contributed by atoms with Gasteiger partial charge in [-0.15, -0.1) is 11.3 Å².